The number of hydrogen-bond donors (Lipinski definition) is 1. The maximum atomic E-state index is 12.5. The van der Waals surface area contributed by atoms with Crippen LogP contribution >= 0.6 is 0 Å². The van der Waals surface area contributed by atoms with Crippen LogP contribution in [0, 0.1) is 0 Å². The van der Waals surface area contributed by atoms with E-state index >= 15 is 0 Å². The van der Waals surface area contributed by atoms with E-state index < -0.39 is 0 Å². The minimum absolute atomic E-state index is 0.0814. The summed E-state index contributed by atoms with van der Waals surface area (Å²) in [5, 5.41) is 3.21. The standard InChI is InChI=1S/C15H24N2O2/c1-11(2)16-14-8-5-9-17(15(14)18)12-6-4-7-13(10-12)19-3/h5,8-9,11-13,16H,4,6-7,10H2,1-3H3/t12-,13+/m0/s1. The Morgan fingerprint density at radius 1 is 1.42 bits per heavy atom. The van der Waals surface area contributed by atoms with Crippen LogP contribution < -0.4 is 10.9 Å². The average molecular weight is 264 g/mol. The van der Waals surface area contributed by atoms with E-state index in [-0.39, 0.29) is 23.7 Å². The van der Waals surface area contributed by atoms with Gasteiger partial charge in [-0.1, -0.05) is 0 Å². The van der Waals surface area contributed by atoms with E-state index in [4.69, 9.17) is 4.74 Å². The number of aromatic nitrogens is 1. The molecule has 106 valence electrons. The molecule has 0 saturated heterocycles. The molecule has 2 atom stereocenters. The van der Waals surface area contributed by atoms with E-state index in [1.54, 1.807) is 7.11 Å². The molecule has 0 aromatic carbocycles. The molecule has 1 fully saturated rings. The minimum Gasteiger partial charge on any atom is -0.381 e. The van der Waals surface area contributed by atoms with E-state index in [0.29, 0.717) is 5.69 Å². The highest BCUT2D eigenvalue weighted by atomic mass is 16.5. The lowest BCUT2D eigenvalue weighted by atomic mass is 9.92. The van der Waals surface area contributed by atoms with Crippen molar-refractivity contribution >= 4 is 5.69 Å². The van der Waals surface area contributed by atoms with Gasteiger partial charge in [0.15, 0.2) is 0 Å². The van der Waals surface area contributed by atoms with Crippen LogP contribution in [-0.4, -0.2) is 23.8 Å². The molecule has 1 N–H and O–H groups in total. The first-order chi connectivity index (χ1) is 9.11. The fourth-order valence-electron chi connectivity index (χ4n) is 2.81. The van der Waals surface area contributed by atoms with Crippen LogP contribution in [-0.2, 0) is 4.74 Å². The van der Waals surface area contributed by atoms with Gasteiger partial charge in [-0.15, -0.1) is 0 Å². The fraction of sp³-hybridized carbons (Fsp3) is 0.667. The molecule has 1 saturated carbocycles. The molecule has 19 heavy (non-hydrogen) atoms. The largest absolute Gasteiger partial charge is 0.381 e. The zero-order valence-corrected chi connectivity index (χ0v) is 12.1. The zero-order chi connectivity index (χ0) is 13.8. The molecule has 0 amide bonds. The number of rotatable bonds is 4. The van der Waals surface area contributed by atoms with Gasteiger partial charge in [-0.3, -0.25) is 4.79 Å². The Bertz CT molecular complexity index is 467. The molecule has 0 bridgehead atoms. The first kappa shape index (κ1) is 14.1. The van der Waals surface area contributed by atoms with Gasteiger partial charge in [0.2, 0.25) is 0 Å². The van der Waals surface area contributed by atoms with Gasteiger partial charge >= 0.3 is 0 Å². The summed E-state index contributed by atoms with van der Waals surface area (Å²) in [6.07, 6.45) is 6.40. The van der Waals surface area contributed by atoms with Crippen LogP contribution in [0.4, 0.5) is 5.69 Å². The van der Waals surface area contributed by atoms with E-state index in [2.05, 4.69) is 5.32 Å². The molecule has 2 rings (SSSR count). The molecule has 0 radical (unpaired) electrons. The van der Waals surface area contributed by atoms with E-state index in [0.717, 1.165) is 25.7 Å². The maximum absolute atomic E-state index is 12.5. The summed E-state index contributed by atoms with van der Waals surface area (Å²) < 4.78 is 7.32. The number of hydrogen-bond acceptors (Lipinski definition) is 3. The van der Waals surface area contributed by atoms with Gasteiger partial charge in [-0.05, 0) is 51.7 Å². The van der Waals surface area contributed by atoms with Gasteiger partial charge in [-0.25, -0.2) is 0 Å². The van der Waals surface area contributed by atoms with Crippen molar-refractivity contribution in [1.82, 2.24) is 4.57 Å². The summed E-state index contributed by atoms with van der Waals surface area (Å²) in [4.78, 5) is 12.5. The molecular formula is C15H24N2O2. The quantitative estimate of drug-likeness (QED) is 0.909. The Hall–Kier alpha value is -1.29. The number of pyridine rings is 1. The second-order valence-electron chi connectivity index (χ2n) is 5.61. The third-order valence-electron chi connectivity index (χ3n) is 3.74. The van der Waals surface area contributed by atoms with Crippen molar-refractivity contribution in [3.8, 4) is 0 Å². The molecule has 4 nitrogen and oxygen atoms in total. The van der Waals surface area contributed by atoms with Crippen LogP contribution in [0.5, 0.6) is 0 Å². The van der Waals surface area contributed by atoms with Crippen molar-refractivity contribution in [3.63, 3.8) is 0 Å². The van der Waals surface area contributed by atoms with E-state index in [1.165, 1.54) is 0 Å². The normalized spacial score (nSPS) is 23.6. The van der Waals surface area contributed by atoms with Gasteiger partial charge in [-0.2, -0.15) is 0 Å². The monoisotopic (exact) mass is 264 g/mol. The molecule has 0 aliphatic heterocycles. The third-order valence-corrected chi connectivity index (χ3v) is 3.74. The van der Waals surface area contributed by atoms with Gasteiger partial charge in [0, 0.05) is 25.4 Å². The van der Waals surface area contributed by atoms with Gasteiger partial charge in [0.25, 0.3) is 5.56 Å². The summed E-state index contributed by atoms with van der Waals surface area (Å²) >= 11 is 0. The first-order valence-corrected chi connectivity index (χ1v) is 7.12. The Balaban J connectivity index is 2.22. The van der Waals surface area contributed by atoms with Crippen LogP contribution in [0.25, 0.3) is 0 Å². The Morgan fingerprint density at radius 3 is 2.89 bits per heavy atom. The van der Waals surface area contributed by atoms with Crippen molar-refractivity contribution in [1.29, 1.82) is 0 Å². The van der Waals surface area contributed by atoms with Crippen LogP contribution in [0.15, 0.2) is 23.1 Å². The number of anilines is 1. The van der Waals surface area contributed by atoms with Crippen molar-refractivity contribution in [2.24, 2.45) is 0 Å². The van der Waals surface area contributed by atoms with Crippen molar-refractivity contribution in [2.45, 2.75) is 57.7 Å². The molecule has 0 spiro atoms. The molecule has 1 aliphatic rings. The summed E-state index contributed by atoms with van der Waals surface area (Å²) in [7, 11) is 1.76. The molecule has 0 unspecified atom stereocenters. The highest BCUT2D eigenvalue weighted by Crippen LogP contribution is 2.29. The summed E-state index contributed by atoms with van der Waals surface area (Å²) in [5.74, 6) is 0. The number of nitrogens with one attached hydrogen (secondary N) is 1. The van der Waals surface area contributed by atoms with Gasteiger partial charge in [0.1, 0.15) is 5.69 Å². The second kappa shape index (κ2) is 6.24. The van der Waals surface area contributed by atoms with E-state index in [1.807, 2.05) is 36.7 Å². The molecule has 1 aromatic rings. The van der Waals surface area contributed by atoms with Crippen LogP contribution in [0.2, 0.25) is 0 Å². The van der Waals surface area contributed by atoms with Gasteiger partial charge in [0.05, 0.1) is 6.10 Å². The summed E-state index contributed by atoms with van der Waals surface area (Å²) in [6, 6.07) is 4.33. The zero-order valence-electron chi connectivity index (χ0n) is 12.1. The fourth-order valence-corrected chi connectivity index (χ4v) is 2.81. The highest BCUT2D eigenvalue weighted by Gasteiger charge is 2.24. The molecule has 4 heteroatoms. The number of methoxy groups -OCH3 is 1. The number of nitrogens with zero attached hydrogens (tertiary/aromatic N) is 1. The molecule has 1 aromatic heterocycles. The van der Waals surface area contributed by atoms with E-state index in [9.17, 15) is 4.79 Å². The lowest BCUT2D eigenvalue weighted by Crippen LogP contribution is -2.32. The molecule has 1 heterocycles. The maximum Gasteiger partial charge on any atom is 0.274 e. The predicted octanol–water partition coefficient (Wildman–Crippen LogP) is 2.80. The topological polar surface area (TPSA) is 43.3 Å². The van der Waals surface area contributed by atoms with Crippen molar-refractivity contribution in [2.75, 3.05) is 12.4 Å². The average Bonchev–Trinajstić information content (AvgIpc) is 2.41. The van der Waals surface area contributed by atoms with Crippen molar-refractivity contribution < 1.29 is 4.74 Å². The molecular weight excluding hydrogens is 240 g/mol. The second-order valence-corrected chi connectivity index (χ2v) is 5.61. The summed E-state index contributed by atoms with van der Waals surface area (Å²) in [6.45, 7) is 4.08. The van der Waals surface area contributed by atoms with Gasteiger partial charge < -0.3 is 14.6 Å². The van der Waals surface area contributed by atoms with Crippen LogP contribution in [0.3, 0.4) is 0 Å². The Labute approximate surface area is 114 Å². The first-order valence-electron chi connectivity index (χ1n) is 7.12. The lowest BCUT2D eigenvalue weighted by Gasteiger charge is -2.29. The third kappa shape index (κ3) is 3.38. The SMILES string of the molecule is CO[C@@H]1CCC[C@H](n2cccc(NC(C)C)c2=O)C1. The Kier molecular flexibility index (Phi) is 4.64. The van der Waals surface area contributed by atoms with Crippen LogP contribution in [0.1, 0.15) is 45.6 Å². The van der Waals surface area contributed by atoms with Crippen molar-refractivity contribution in [3.05, 3.63) is 28.7 Å². The predicted molar refractivity (Wildman–Crippen MR) is 77.8 cm³/mol. The number of ether oxygens (including phenoxy) is 1. The minimum atomic E-state index is 0.0814. The molecule has 1 aliphatic carbocycles. The summed E-state index contributed by atoms with van der Waals surface area (Å²) in [5.41, 5.74) is 0.773. The Morgan fingerprint density at radius 2 is 2.21 bits per heavy atom. The smallest absolute Gasteiger partial charge is 0.274 e. The highest BCUT2D eigenvalue weighted by molar-refractivity contribution is 5.41. The lowest BCUT2D eigenvalue weighted by molar-refractivity contribution is 0.0525.